The van der Waals surface area contributed by atoms with Crippen molar-refractivity contribution in [3.05, 3.63) is 70.1 Å². The van der Waals surface area contributed by atoms with E-state index in [0.29, 0.717) is 28.8 Å². The number of carbonyl (C=O) groups excluding carboxylic acids is 1. The van der Waals surface area contributed by atoms with Crippen LogP contribution in [0.3, 0.4) is 0 Å². The lowest BCUT2D eigenvalue weighted by atomic mass is 10.0. The Hall–Kier alpha value is -2.88. The lowest BCUT2D eigenvalue weighted by Gasteiger charge is -2.10. The number of methoxy groups -OCH3 is 1. The molecule has 1 aliphatic rings. The Kier molecular flexibility index (Phi) is 5.74. The Bertz CT molecular complexity index is 1240. The van der Waals surface area contributed by atoms with E-state index in [0.717, 1.165) is 22.3 Å². The van der Waals surface area contributed by atoms with E-state index in [-0.39, 0.29) is 11.5 Å². The van der Waals surface area contributed by atoms with E-state index >= 15 is 0 Å². The molecule has 1 aromatic heterocycles. The van der Waals surface area contributed by atoms with Gasteiger partial charge in [-0.2, -0.15) is 0 Å². The van der Waals surface area contributed by atoms with Crippen molar-refractivity contribution in [1.82, 2.24) is 9.97 Å². The van der Waals surface area contributed by atoms with Gasteiger partial charge < -0.3 is 15.5 Å². The number of anilines is 1. The summed E-state index contributed by atoms with van der Waals surface area (Å²) in [5.41, 5.74) is 10.9. The van der Waals surface area contributed by atoms with Crippen LogP contribution in [0.5, 0.6) is 0 Å². The second kappa shape index (κ2) is 8.33. The van der Waals surface area contributed by atoms with Crippen LogP contribution in [0, 0.1) is 0 Å². The van der Waals surface area contributed by atoms with E-state index in [1.54, 1.807) is 24.3 Å². The summed E-state index contributed by atoms with van der Waals surface area (Å²) in [6.07, 6.45) is -0.0681. The van der Waals surface area contributed by atoms with Gasteiger partial charge in [0.25, 0.3) is 0 Å². The van der Waals surface area contributed by atoms with Crippen LogP contribution in [0.15, 0.2) is 42.5 Å². The van der Waals surface area contributed by atoms with Crippen molar-refractivity contribution in [2.24, 2.45) is 5.73 Å². The number of sulfone groups is 1. The molecule has 0 bridgehead atoms. The fourth-order valence-electron chi connectivity index (χ4n) is 3.57. The summed E-state index contributed by atoms with van der Waals surface area (Å²) < 4.78 is 28.2. The zero-order valence-corrected chi connectivity index (χ0v) is 18.3. The third-order valence-electron chi connectivity index (χ3n) is 5.10. The highest BCUT2D eigenvalue weighted by Gasteiger charge is 2.25. The first-order valence-corrected chi connectivity index (χ1v) is 11.7. The number of amides is 1. The number of nitrogens with one attached hydrogen (secondary N) is 2. The van der Waals surface area contributed by atoms with E-state index in [1.165, 1.54) is 7.11 Å². The van der Waals surface area contributed by atoms with Crippen molar-refractivity contribution in [3.63, 3.8) is 0 Å². The van der Waals surface area contributed by atoms with Gasteiger partial charge in [-0.25, -0.2) is 18.2 Å². The number of fused-ring (bicyclic) bond motifs is 1. The highest BCUT2D eigenvalue weighted by Crippen LogP contribution is 2.30. The summed E-state index contributed by atoms with van der Waals surface area (Å²) in [4.78, 5) is 18.9. The monoisotopic (exact) mass is 460 g/mol. The molecule has 0 spiro atoms. The smallest absolute Gasteiger partial charge is 0.411 e. The molecule has 2 heterocycles. The van der Waals surface area contributed by atoms with Gasteiger partial charge >= 0.3 is 6.09 Å². The number of nitrogens with two attached hydrogens (primary N) is 1. The molecule has 10 heteroatoms. The van der Waals surface area contributed by atoms with Crippen molar-refractivity contribution < 1.29 is 17.9 Å². The Balaban J connectivity index is 1.49. The SMILES string of the molecule is COC(=O)Nc1ccc(-c2nc([C@@H](N)Cc3ccc4c(c3)CS(=O)(=O)C4)[nH]c2Cl)cc1. The summed E-state index contributed by atoms with van der Waals surface area (Å²) in [5, 5.41) is 2.94. The first-order chi connectivity index (χ1) is 14.7. The number of imidazole rings is 1. The normalized spacial score (nSPS) is 15.3. The Morgan fingerprint density at radius 3 is 2.65 bits per heavy atom. The fourth-order valence-corrected chi connectivity index (χ4v) is 5.42. The summed E-state index contributed by atoms with van der Waals surface area (Å²) in [7, 11) is -1.75. The number of carbonyl (C=O) groups is 1. The predicted octanol–water partition coefficient (Wildman–Crippen LogP) is 3.58. The molecule has 4 N–H and O–H groups in total. The molecule has 3 aromatic rings. The van der Waals surface area contributed by atoms with E-state index in [1.807, 2.05) is 18.2 Å². The average molecular weight is 461 g/mol. The highest BCUT2D eigenvalue weighted by atomic mass is 35.5. The molecular weight excluding hydrogens is 440 g/mol. The molecule has 0 saturated heterocycles. The second-order valence-electron chi connectivity index (χ2n) is 7.42. The number of ether oxygens (including phenoxy) is 1. The molecule has 1 aliphatic heterocycles. The number of H-pyrrole nitrogens is 1. The minimum Gasteiger partial charge on any atom is -0.453 e. The summed E-state index contributed by atoms with van der Waals surface area (Å²) >= 11 is 6.35. The maximum atomic E-state index is 11.8. The van der Waals surface area contributed by atoms with Gasteiger partial charge in [-0.05, 0) is 35.2 Å². The van der Waals surface area contributed by atoms with Crippen LogP contribution in [-0.2, 0) is 32.5 Å². The van der Waals surface area contributed by atoms with E-state index in [4.69, 9.17) is 17.3 Å². The Morgan fingerprint density at radius 1 is 1.23 bits per heavy atom. The quantitative estimate of drug-likeness (QED) is 0.534. The highest BCUT2D eigenvalue weighted by molar-refractivity contribution is 7.90. The van der Waals surface area contributed by atoms with Gasteiger partial charge in [-0.1, -0.05) is 41.9 Å². The van der Waals surface area contributed by atoms with Gasteiger partial charge in [0.05, 0.1) is 24.7 Å². The van der Waals surface area contributed by atoms with Crippen LogP contribution >= 0.6 is 11.6 Å². The summed E-state index contributed by atoms with van der Waals surface area (Å²) in [6, 6.07) is 12.2. The molecule has 0 unspecified atom stereocenters. The minimum atomic E-state index is -3.04. The number of halogens is 1. The van der Waals surface area contributed by atoms with Crippen molar-refractivity contribution >= 4 is 33.2 Å². The number of benzene rings is 2. The van der Waals surface area contributed by atoms with Gasteiger partial charge in [0, 0.05) is 11.3 Å². The van der Waals surface area contributed by atoms with Crippen LogP contribution < -0.4 is 11.1 Å². The number of rotatable bonds is 5. The van der Waals surface area contributed by atoms with Crippen LogP contribution in [-0.4, -0.2) is 31.6 Å². The molecule has 2 aromatic carbocycles. The van der Waals surface area contributed by atoms with Gasteiger partial charge in [-0.15, -0.1) is 0 Å². The Labute approximate surface area is 184 Å². The molecule has 8 nitrogen and oxygen atoms in total. The van der Waals surface area contributed by atoms with Crippen molar-refractivity contribution in [1.29, 1.82) is 0 Å². The standard InChI is InChI=1S/C21H21ClN4O4S/c1-30-21(27)24-16-6-4-13(5-7-16)18-19(22)26-20(25-18)17(23)9-12-2-3-14-10-31(28,29)11-15(14)8-12/h2-8,17H,9-11,23H2,1H3,(H,24,27)(H,25,26)/t17-/m0/s1. The summed E-state index contributed by atoms with van der Waals surface area (Å²) in [6.45, 7) is 0. The third-order valence-corrected chi connectivity index (χ3v) is 6.87. The zero-order valence-electron chi connectivity index (χ0n) is 16.7. The van der Waals surface area contributed by atoms with Crippen LogP contribution in [0.2, 0.25) is 5.15 Å². The van der Waals surface area contributed by atoms with Gasteiger partial charge in [0.2, 0.25) is 0 Å². The van der Waals surface area contributed by atoms with Crippen LogP contribution in [0.4, 0.5) is 10.5 Å². The van der Waals surface area contributed by atoms with Crippen molar-refractivity contribution in [2.45, 2.75) is 24.0 Å². The molecule has 162 valence electrons. The molecule has 0 saturated carbocycles. The number of hydrogen-bond acceptors (Lipinski definition) is 6. The first-order valence-electron chi connectivity index (χ1n) is 9.51. The molecular formula is C21H21ClN4O4S. The number of aromatic nitrogens is 2. The molecule has 0 radical (unpaired) electrons. The fraction of sp³-hybridized carbons (Fsp3) is 0.238. The van der Waals surface area contributed by atoms with Gasteiger partial charge in [0.15, 0.2) is 9.84 Å². The largest absolute Gasteiger partial charge is 0.453 e. The number of hydrogen-bond donors (Lipinski definition) is 3. The predicted molar refractivity (Wildman–Crippen MR) is 118 cm³/mol. The summed E-state index contributed by atoms with van der Waals surface area (Å²) in [5.74, 6) is 0.702. The molecule has 31 heavy (non-hydrogen) atoms. The van der Waals surface area contributed by atoms with Gasteiger partial charge in [-0.3, -0.25) is 5.32 Å². The van der Waals surface area contributed by atoms with Crippen molar-refractivity contribution in [2.75, 3.05) is 12.4 Å². The van der Waals surface area contributed by atoms with E-state index in [2.05, 4.69) is 20.0 Å². The number of aromatic amines is 1. The molecule has 4 rings (SSSR count). The topological polar surface area (TPSA) is 127 Å². The van der Waals surface area contributed by atoms with Gasteiger partial charge in [0.1, 0.15) is 16.7 Å². The maximum absolute atomic E-state index is 11.8. The maximum Gasteiger partial charge on any atom is 0.411 e. The lowest BCUT2D eigenvalue weighted by Crippen LogP contribution is -2.15. The molecule has 1 amide bonds. The zero-order chi connectivity index (χ0) is 22.2. The van der Waals surface area contributed by atoms with E-state index < -0.39 is 22.0 Å². The molecule has 1 atom stereocenters. The van der Waals surface area contributed by atoms with E-state index in [9.17, 15) is 13.2 Å². The lowest BCUT2D eigenvalue weighted by molar-refractivity contribution is 0.187. The minimum absolute atomic E-state index is 0.0724. The Morgan fingerprint density at radius 2 is 1.94 bits per heavy atom. The first kappa shape index (κ1) is 21.4. The third kappa shape index (κ3) is 4.73. The average Bonchev–Trinajstić information content (AvgIpc) is 3.26. The second-order valence-corrected chi connectivity index (χ2v) is 9.87. The van der Waals surface area contributed by atoms with Crippen LogP contribution in [0.25, 0.3) is 11.3 Å². The molecule has 0 aliphatic carbocycles. The van der Waals surface area contributed by atoms with Crippen LogP contribution in [0.1, 0.15) is 28.6 Å². The number of nitrogens with zero attached hydrogens (tertiary/aromatic N) is 1. The van der Waals surface area contributed by atoms with Crippen molar-refractivity contribution in [3.8, 4) is 11.3 Å². The molecule has 0 fully saturated rings.